The summed E-state index contributed by atoms with van der Waals surface area (Å²) in [5.74, 6) is 0.736. The summed E-state index contributed by atoms with van der Waals surface area (Å²) < 4.78 is 5.38. The molecule has 1 saturated heterocycles. The fourth-order valence-corrected chi connectivity index (χ4v) is 2.05. The first-order valence-corrected chi connectivity index (χ1v) is 7.56. The highest BCUT2D eigenvalue weighted by Gasteiger charge is 2.28. The van der Waals surface area contributed by atoms with Gasteiger partial charge < -0.3 is 35.6 Å². The molecule has 0 aromatic heterocycles. The van der Waals surface area contributed by atoms with E-state index in [1.807, 2.05) is 0 Å². The normalized spacial score (nSPS) is 15.8. The number of hydrogen-bond donors (Lipinski definition) is 5. The summed E-state index contributed by atoms with van der Waals surface area (Å²) in [7, 11) is 0. The maximum absolute atomic E-state index is 11.5. The number of carbonyl (C=O) groups is 1. The fourth-order valence-electron chi connectivity index (χ4n) is 2.05. The Morgan fingerprint density at radius 2 is 2.00 bits per heavy atom. The van der Waals surface area contributed by atoms with E-state index in [0.717, 1.165) is 0 Å². The molecule has 128 valence electrons. The predicted octanol–water partition coefficient (Wildman–Crippen LogP) is -0.892. The molecule has 1 heterocycles. The van der Waals surface area contributed by atoms with Gasteiger partial charge >= 0.3 is 6.03 Å². The van der Waals surface area contributed by atoms with E-state index in [4.69, 9.17) is 14.9 Å². The second kappa shape index (κ2) is 8.56. The Kier molecular flexibility index (Phi) is 6.45. The molecule has 0 radical (unpaired) electrons. The van der Waals surface area contributed by atoms with Gasteiger partial charge in [-0.15, -0.1) is 0 Å². The molecule has 0 unspecified atom stereocenters. The van der Waals surface area contributed by atoms with Gasteiger partial charge in [0.05, 0.1) is 19.2 Å². The van der Waals surface area contributed by atoms with Gasteiger partial charge in [-0.2, -0.15) is 0 Å². The minimum Gasteiger partial charge on any atom is -0.508 e. The minimum absolute atomic E-state index is 0.135. The van der Waals surface area contributed by atoms with Crippen molar-refractivity contribution in [3.63, 3.8) is 0 Å². The van der Waals surface area contributed by atoms with E-state index >= 15 is 0 Å². The van der Waals surface area contributed by atoms with Crippen molar-refractivity contribution in [2.45, 2.75) is 12.2 Å². The van der Waals surface area contributed by atoms with Crippen molar-refractivity contribution in [3.8, 4) is 11.5 Å². The number of urea groups is 1. The number of nitrogens with zero attached hydrogens (tertiary/aromatic N) is 1. The molecule has 0 spiro atoms. The Balaban J connectivity index is 1.49. The number of hydrogen-bond acceptors (Lipinski definition) is 6. The predicted molar refractivity (Wildman–Crippen MR) is 83.5 cm³/mol. The molecule has 2 rings (SSSR count). The van der Waals surface area contributed by atoms with Gasteiger partial charge in [0.2, 0.25) is 0 Å². The number of carbonyl (C=O) groups excluding carboxylic acids is 1. The summed E-state index contributed by atoms with van der Waals surface area (Å²) in [5.41, 5.74) is 0. The van der Waals surface area contributed by atoms with E-state index < -0.39 is 12.2 Å². The maximum Gasteiger partial charge on any atom is 0.317 e. The van der Waals surface area contributed by atoms with Gasteiger partial charge in [0.15, 0.2) is 0 Å². The van der Waals surface area contributed by atoms with Crippen LogP contribution in [-0.4, -0.2) is 77.8 Å². The van der Waals surface area contributed by atoms with Crippen molar-refractivity contribution in [2.24, 2.45) is 0 Å². The maximum atomic E-state index is 11.5. The number of phenols is 1. The van der Waals surface area contributed by atoms with E-state index in [1.54, 1.807) is 12.1 Å². The van der Waals surface area contributed by atoms with Gasteiger partial charge in [-0.05, 0) is 24.3 Å². The van der Waals surface area contributed by atoms with Crippen LogP contribution in [0.25, 0.3) is 0 Å². The third-order valence-corrected chi connectivity index (χ3v) is 3.39. The lowest BCUT2D eigenvalue weighted by molar-refractivity contribution is 0.0267. The summed E-state index contributed by atoms with van der Waals surface area (Å²) >= 11 is 0. The molecule has 1 fully saturated rings. The Morgan fingerprint density at radius 1 is 1.30 bits per heavy atom. The Labute approximate surface area is 134 Å². The molecule has 1 aliphatic rings. The molecule has 8 heteroatoms. The van der Waals surface area contributed by atoms with E-state index in [-0.39, 0.29) is 18.4 Å². The molecule has 1 aliphatic heterocycles. The fraction of sp³-hybridized carbons (Fsp3) is 0.533. The first-order valence-electron chi connectivity index (χ1n) is 7.56. The lowest BCUT2D eigenvalue weighted by Crippen LogP contribution is -2.57. The van der Waals surface area contributed by atoms with Crippen molar-refractivity contribution in [1.29, 1.82) is 0 Å². The zero-order valence-corrected chi connectivity index (χ0v) is 12.8. The first-order chi connectivity index (χ1) is 11.0. The zero-order chi connectivity index (χ0) is 16.7. The van der Waals surface area contributed by atoms with E-state index in [1.165, 1.54) is 17.0 Å². The number of aliphatic hydroxyl groups is 2. The van der Waals surface area contributed by atoms with Crippen LogP contribution in [0.1, 0.15) is 0 Å². The van der Waals surface area contributed by atoms with Gasteiger partial charge in [0, 0.05) is 19.6 Å². The minimum atomic E-state index is -0.676. The summed E-state index contributed by atoms with van der Waals surface area (Å²) in [4.78, 5) is 13.1. The van der Waals surface area contributed by atoms with Crippen LogP contribution >= 0.6 is 0 Å². The van der Waals surface area contributed by atoms with Crippen LogP contribution in [0.5, 0.6) is 11.5 Å². The van der Waals surface area contributed by atoms with Crippen LogP contribution in [-0.2, 0) is 0 Å². The van der Waals surface area contributed by atoms with Crippen molar-refractivity contribution in [3.05, 3.63) is 24.3 Å². The largest absolute Gasteiger partial charge is 0.508 e. The smallest absolute Gasteiger partial charge is 0.317 e. The molecular weight excluding hydrogens is 302 g/mol. The lowest BCUT2D eigenvalue weighted by atomic mass is 10.2. The molecule has 2 amide bonds. The van der Waals surface area contributed by atoms with Crippen LogP contribution in [0.15, 0.2) is 24.3 Å². The molecule has 23 heavy (non-hydrogen) atoms. The lowest BCUT2D eigenvalue weighted by Gasteiger charge is -2.35. The monoisotopic (exact) mass is 325 g/mol. The third kappa shape index (κ3) is 5.93. The number of ether oxygens (including phenoxy) is 1. The van der Waals surface area contributed by atoms with Crippen LogP contribution in [0, 0.1) is 0 Å². The van der Waals surface area contributed by atoms with Crippen LogP contribution in [0.3, 0.4) is 0 Å². The molecule has 8 nitrogen and oxygen atoms in total. The number of aromatic hydroxyl groups is 1. The van der Waals surface area contributed by atoms with Crippen LogP contribution < -0.4 is 15.4 Å². The van der Waals surface area contributed by atoms with Gasteiger partial charge in [-0.3, -0.25) is 0 Å². The SMILES string of the molecule is O=C(NCCNC[C@H](O)COc1ccc(O)cc1)N1CC(O)C1. The van der Waals surface area contributed by atoms with Crippen molar-refractivity contribution < 1.29 is 24.9 Å². The summed E-state index contributed by atoms with van der Waals surface area (Å²) in [6, 6.07) is 6.09. The molecule has 1 atom stereocenters. The zero-order valence-electron chi connectivity index (χ0n) is 12.8. The Morgan fingerprint density at radius 3 is 2.65 bits per heavy atom. The molecule has 0 aliphatic carbocycles. The Bertz CT molecular complexity index is 490. The molecular formula is C15H23N3O5. The number of amides is 2. The molecule has 0 saturated carbocycles. The van der Waals surface area contributed by atoms with Crippen LogP contribution in [0.4, 0.5) is 4.79 Å². The Hall–Kier alpha value is -2.03. The van der Waals surface area contributed by atoms with Gasteiger partial charge in [-0.1, -0.05) is 0 Å². The van der Waals surface area contributed by atoms with Crippen LogP contribution in [0.2, 0.25) is 0 Å². The average Bonchev–Trinajstić information content (AvgIpc) is 2.50. The third-order valence-electron chi connectivity index (χ3n) is 3.39. The highest BCUT2D eigenvalue weighted by Crippen LogP contribution is 2.15. The average molecular weight is 325 g/mol. The topological polar surface area (TPSA) is 114 Å². The van der Waals surface area contributed by atoms with E-state index in [2.05, 4.69) is 10.6 Å². The number of nitrogens with one attached hydrogen (secondary N) is 2. The number of phenolic OH excluding ortho intramolecular Hbond substituents is 1. The van der Waals surface area contributed by atoms with Gasteiger partial charge in [-0.25, -0.2) is 4.79 Å². The highest BCUT2D eigenvalue weighted by molar-refractivity contribution is 5.75. The number of β-amino-alcohol motifs (C(OH)–C–C–N with tert-alkyl or cyclic N) is 1. The molecule has 5 N–H and O–H groups in total. The van der Waals surface area contributed by atoms with Gasteiger partial charge in [0.1, 0.15) is 24.2 Å². The number of benzene rings is 1. The first kappa shape index (κ1) is 17.3. The molecule has 0 bridgehead atoms. The van der Waals surface area contributed by atoms with Crippen molar-refractivity contribution in [2.75, 3.05) is 39.3 Å². The summed E-state index contributed by atoms with van der Waals surface area (Å²) in [6.45, 7) is 2.21. The van der Waals surface area contributed by atoms with Crippen molar-refractivity contribution >= 4 is 6.03 Å². The van der Waals surface area contributed by atoms with Gasteiger partial charge in [0.25, 0.3) is 0 Å². The molecule has 1 aromatic carbocycles. The van der Waals surface area contributed by atoms with Crippen molar-refractivity contribution in [1.82, 2.24) is 15.5 Å². The molecule has 1 aromatic rings. The number of likely N-dealkylation sites (tertiary alicyclic amines) is 1. The number of rotatable bonds is 8. The second-order valence-electron chi connectivity index (χ2n) is 5.45. The van der Waals surface area contributed by atoms with E-state index in [0.29, 0.717) is 38.5 Å². The standard InChI is InChI=1S/C15H23N3O5/c19-11-1-3-14(4-2-11)23-10-12(20)7-16-5-6-17-15(22)18-8-13(21)9-18/h1-4,12-13,16,19-21H,5-10H2,(H,17,22)/t12-/m0/s1. The summed E-state index contributed by atoms with van der Waals surface area (Å²) in [6.07, 6.45) is -1.08. The highest BCUT2D eigenvalue weighted by atomic mass is 16.5. The second-order valence-corrected chi connectivity index (χ2v) is 5.45. The number of aliphatic hydroxyl groups excluding tert-OH is 2. The van der Waals surface area contributed by atoms with E-state index in [9.17, 15) is 9.90 Å². The summed E-state index contributed by atoms with van der Waals surface area (Å²) in [5, 5.41) is 33.8. The quantitative estimate of drug-likeness (QED) is 0.396.